The number of hydrogen-bond acceptors (Lipinski definition) is 7. The van der Waals surface area contributed by atoms with Gasteiger partial charge in [-0.05, 0) is 24.5 Å². The Balaban J connectivity index is 1.92. The first kappa shape index (κ1) is 18.9. The predicted molar refractivity (Wildman–Crippen MR) is 114 cm³/mol. The zero-order valence-corrected chi connectivity index (χ0v) is 17.9. The molecule has 9 heteroatoms. The van der Waals surface area contributed by atoms with E-state index in [0.717, 1.165) is 21.3 Å². The predicted octanol–water partition coefficient (Wildman–Crippen LogP) is 3.70. The number of carbonyl (C=O) groups excluding carboxylic acids is 1. The summed E-state index contributed by atoms with van der Waals surface area (Å²) in [6, 6.07) is 11.0. The van der Waals surface area contributed by atoms with Gasteiger partial charge in [0.05, 0.1) is 14.2 Å². The Morgan fingerprint density at radius 3 is 2.68 bits per heavy atom. The Hall–Kier alpha value is -2.39. The van der Waals surface area contributed by atoms with Gasteiger partial charge in [0.15, 0.2) is 22.7 Å². The van der Waals surface area contributed by atoms with Crippen LogP contribution in [0.1, 0.15) is 23.3 Å². The minimum atomic E-state index is -0.548. The molecule has 2 N–H and O–H groups in total. The van der Waals surface area contributed by atoms with Gasteiger partial charge in [-0.3, -0.25) is 9.80 Å². The number of thioether (sulfide) groups is 1. The standard InChI is InChI=1S/C19H19BrN4O3S/c1-26-14-9-10(20)8-12(16(14)27-2)17-21-13-7-5-4-6-11(13)15-18(25)22-19(28-3)23-24(15)17/h4-9,15,17,21H,1-3H3,(H,22,23,25)/t15-,17+/m1/s1. The van der Waals surface area contributed by atoms with Gasteiger partial charge in [0.1, 0.15) is 6.17 Å². The lowest BCUT2D eigenvalue weighted by molar-refractivity contribution is -0.127. The van der Waals surface area contributed by atoms with E-state index >= 15 is 0 Å². The molecule has 7 nitrogen and oxygen atoms in total. The van der Waals surface area contributed by atoms with Crippen LogP contribution in [0.2, 0.25) is 0 Å². The summed E-state index contributed by atoms with van der Waals surface area (Å²) < 4.78 is 12.0. The maximum absolute atomic E-state index is 12.9. The zero-order chi connectivity index (χ0) is 19.8. The third-order valence-electron chi connectivity index (χ3n) is 4.72. The van der Waals surface area contributed by atoms with Crippen LogP contribution in [0, 0.1) is 0 Å². The van der Waals surface area contributed by atoms with E-state index in [0.29, 0.717) is 16.7 Å². The minimum absolute atomic E-state index is 0.112. The molecule has 2 aliphatic heterocycles. The second-order valence-corrected chi connectivity index (χ2v) is 7.96. The fourth-order valence-corrected chi connectivity index (χ4v) is 4.36. The topological polar surface area (TPSA) is 75.2 Å². The largest absolute Gasteiger partial charge is 0.493 e. The van der Waals surface area contributed by atoms with Crippen molar-refractivity contribution in [2.75, 3.05) is 25.8 Å². The van der Waals surface area contributed by atoms with Crippen molar-refractivity contribution in [1.82, 2.24) is 10.3 Å². The van der Waals surface area contributed by atoms with Crippen molar-refractivity contribution in [2.24, 2.45) is 5.10 Å². The van der Waals surface area contributed by atoms with E-state index in [4.69, 9.17) is 14.6 Å². The number of halogens is 1. The molecule has 0 spiro atoms. The number of benzene rings is 2. The van der Waals surface area contributed by atoms with Crippen LogP contribution in [0.3, 0.4) is 0 Å². The average Bonchev–Trinajstić information content (AvgIpc) is 2.71. The fraction of sp³-hybridized carbons (Fsp3) is 0.263. The number of fused-ring (bicyclic) bond motifs is 3. The molecule has 4 rings (SSSR count). The number of nitrogens with one attached hydrogen (secondary N) is 2. The highest BCUT2D eigenvalue weighted by molar-refractivity contribution is 9.10. The second-order valence-electron chi connectivity index (χ2n) is 6.25. The molecule has 2 heterocycles. The summed E-state index contributed by atoms with van der Waals surface area (Å²) in [6.45, 7) is 0. The van der Waals surface area contributed by atoms with Gasteiger partial charge in [0.25, 0.3) is 5.91 Å². The van der Waals surface area contributed by atoms with Crippen molar-refractivity contribution in [3.8, 4) is 11.5 Å². The molecule has 0 aliphatic carbocycles. The van der Waals surface area contributed by atoms with Crippen LogP contribution < -0.4 is 20.1 Å². The van der Waals surface area contributed by atoms with E-state index in [-0.39, 0.29) is 5.91 Å². The first-order valence-electron chi connectivity index (χ1n) is 8.56. The van der Waals surface area contributed by atoms with E-state index in [9.17, 15) is 4.79 Å². The quantitative estimate of drug-likeness (QED) is 0.724. The van der Waals surface area contributed by atoms with Gasteiger partial charge in [-0.2, -0.15) is 0 Å². The molecule has 2 aromatic rings. The lowest BCUT2D eigenvalue weighted by Gasteiger charge is -2.44. The first-order valence-corrected chi connectivity index (χ1v) is 10.6. The number of amidine groups is 1. The molecule has 2 atom stereocenters. The van der Waals surface area contributed by atoms with Crippen LogP contribution in [-0.2, 0) is 4.79 Å². The molecule has 0 bridgehead atoms. The summed E-state index contributed by atoms with van der Waals surface area (Å²) in [5.74, 6) is 1.08. The number of hydrogen-bond donors (Lipinski definition) is 2. The van der Waals surface area contributed by atoms with Gasteiger partial charge in [0.2, 0.25) is 0 Å². The van der Waals surface area contributed by atoms with Gasteiger partial charge >= 0.3 is 0 Å². The second kappa shape index (κ2) is 7.56. The molecule has 0 unspecified atom stereocenters. The molecule has 0 aromatic heterocycles. The lowest BCUT2D eigenvalue weighted by atomic mass is 9.97. The Bertz CT molecular complexity index is 968. The highest BCUT2D eigenvalue weighted by Crippen LogP contribution is 2.47. The molecule has 0 saturated carbocycles. The molecule has 0 radical (unpaired) electrons. The number of hydrazone groups is 1. The minimum Gasteiger partial charge on any atom is -0.493 e. The average molecular weight is 463 g/mol. The lowest BCUT2D eigenvalue weighted by Crippen LogP contribution is -2.50. The van der Waals surface area contributed by atoms with Gasteiger partial charge < -0.3 is 20.1 Å². The highest BCUT2D eigenvalue weighted by Gasteiger charge is 2.43. The molecule has 0 saturated heterocycles. The first-order chi connectivity index (χ1) is 13.6. The van der Waals surface area contributed by atoms with Crippen LogP contribution in [-0.4, -0.2) is 36.6 Å². The van der Waals surface area contributed by atoms with E-state index in [2.05, 4.69) is 26.6 Å². The van der Waals surface area contributed by atoms with Crippen LogP contribution in [0.15, 0.2) is 46.0 Å². The SMILES string of the molecule is COc1cc(Br)cc([C@H]2Nc3ccccc3[C@@H]3C(=O)NC(SC)=NN23)c1OC. The summed E-state index contributed by atoms with van der Waals surface area (Å²) in [4.78, 5) is 12.9. The summed E-state index contributed by atoms with van der Waals surface area (Å²) in [6.07, 6.45) is 1.46. The third kappa shape index (κ3) is 3.08. The van der Waals surface area contributed by atoms with Crippen LogP contribution in [0.5, 0.6) is 11.5 Å². The third-order valence-corrected chi connectivity index (χ3v) is 5.75. The van der Waals surface area contributed by atoms with Crippen molar-refractivity contribution in [1.29, 1.82) is 0 Å². The van der Waals surface area contributed by atoms with Crippen molar-refractivity contribution < 1.29 is 14.3 Å². The smallest absolute Gasteiger partial charge is 0.255 e. The Labute approximate surface area is 175 Å². The summed E-state index contributed by atoms with van der Waals surface area (Å²) in [7, 11) is 3.20. The van der Waals surface area contributed by atoms with Crippen molar-refractivity contribution in [3.05, 3.63) is 52.0 Å². The highest BCUT2D eigenvalue weighted by atomic mass is 79.9. The summed E-state index contributed by atoms with van der Waals surface area (Å²) in [5.41, 5.74) is 2.57. The van der Waals surface area contributed by atoms with Gasteiger partial charge in [-0.1, -0.05) is 45.9 Å². The molecule has 0 fully saturated rings. The molecular weight excluding hydrogens is 444 g/mol. The maximum atomic E-state index is 12.9. The molecule has 2 aromatic carbocycles. The fourth-order valence-electron chi connectivity index (χ4n) is 3.53. The molecule has 2 aliphatic rings. The van der Waals surface area contributed by atoms with Crippen LogP contribution in [0.4, 0.5) is 5.69 Å². The van der Waals surface area contributed by atoms with Crippen molar-refractivity contribution in [3.63, 3.8) is 0 Å². The zero-order valence-electron chi connectivity index (χ0n) is 15.5. The maximum Gasteiger partial charge on any atom is 0.255 e. The monoisotopic (exact) mass is 462 g/mol. The summed E-state index contributed by atoms with van der Waals surface area (Å²) in [5, 5.41) is 13.4. The van der Waals surface area contributed by atoms with E-state index in [1.165, 1.54) is 11.8 Å². The Morgan fingerprint density at radius 1 is 1.18 bits per heavy atom. The van der Waals surface area contributed by atoms with Crippen molar-refractivity contribution >= 4 is 44.5 Å². The number of rotatable bonds is 3. The van der Waals surface area contributed by atoms with Crippen molar-refractivity contribution in [2.45, 2.75) is 12.2 Å². The van der Waals surface area contributed by atoms with Crippen LogP contribution >= 0.6 is 27.7 Å². The number of para-hydroxylation sites is 1. The molecular formula is C19H19BrN4O3S. The molecule has 28 heavy (non-hydrogen) atoms. The van der Waals surface area contributed by atoms with Gasteiger partial charge in [-0.15, -0.1) is 5.10 Å². The van der Waals surface area contributed by atoms with Gasteiger partial charge in [-0.25, -0.2) is 0 Å². The number of anilines is 1. The van der Waals surface area contributed by atoms with E-state index in [1.54, 1.807) is 19.2 Å². The Morgan fingerprint density at radius 2 is 1.96 bits per heavy atom. The van der Waals surface area contributed by atoms with E-state index < -0.39 is 12.2 Å². The summed E-state index contributed by atoms with van der Waals surface area (Å²) >= 11 is 4.93. The number of nitrogens with zero attached hydrogens (tertiary/aromatic N) is 2. The number of amides is 1. The number of methoxy groups -OCH3 is 2. The van der Waals surface area contributed by atoms with Gasteiger partial charge in [0, 0.05) is 21.3 Å². The number of carbonyl (C=O) groups is 1. The number of ether oxygens (including phenoxy) is 2. The van der Waals surface area contributed by atoms with E-state index in [1.807, 2.05) is 42.7 Å². The van der Waals surface area contributed by atoms with Crippen LogP contribution in [0.25, 0.3) is 0 Å². The Kier molecular flexibility index (Phi) is 5.11. The normalized spacial score (nSPS) is 20.4. The molecule has 1 amide bonds. The molecule has 146 valence electrons.